The normalized spacial score (nSPS) is 17.9. The minimum Gasteiger partial charge on any atom is -0.296 e. The van der Waals surface area contributed by atoms with E-state index >= 15 is 0 Å². The predicted octanol–water partition coefficient (Wildman–Crippen LogP) is 2.31. The van der Waals surface area contributed by atoms with Crippen LogP contribution in [0.15, 0.2) is 42.5 Å². The van der Waals surface area contributed by atoms with Crippen molar-refractivity contribution in [2.45, 2.75) is 13.5 Å². The second-order valence-electron chi connectivity index (χ2n) is 5.71. The van der Waals surface area contributed by atoms with Crippen molar-refractivity contribution in [2.75, 3.05) is 31.9 Å². The molecular weight excluding hydrogens is 296 g/mol. The van der Waals surface area contributed by atoms with Gasteiger partial charge in [0.2, 0.25) is 10.0 Å². The Morgan fingerprint density at radius 2 is 1.64 bits per heavy atom. The van der Waals surface area contributed by atoms with Crippen LogP contribution < -0.4 is 0 Å². The molecule has 0 unspecified atom stereocenters. The molecular formula is C17H22N2O2S. The van der Waals surface area contributed by atoms with Crippen LogP contribution in [0.3, 0.4) is 0 Å². The van der Waals surface area contributed by atoms with Gasteiger partial charge in [0, 0.05) is 32.7 Å². The van der Waals surface area contributed by atoms with Crippen LogP contribution in [0.1, 0.15) is 12.5 Å². The molecule has 118 valence electrons. The van der Waals surface area contributed by atoms with E-state index < -0.39 is 10.0 Å². The lowest BCUT2D eigenvalue weighted by Gasteiger charge is -2.34. The van der Waals surface area contributed by atoms with Crippen LogP contribution in [-0.4, -0.2) is 49.6 Å². The fraction of sp³-hybridized carbons (Fsp3) is 0.412. The van der Waals surface area contributed by atoms with Gasteiger partial charge < -0.3 is 0 Å². The van der Waals surface area contributed by atoms with E-state index in [2.05, 4.69) is 47.4 Å². The van der Waals surface area contributed by atoms with Crippen molar-refractivity contribution in [1.82, 2.24) is 9.21 Å². The minimum atomic E-state index is -3.05. The van der Waals surface area contributed by atoms with Crippen molar-refractivity contribution >= 4 is 20.8 Å². The third-order valence-corrected chi connectivity index (χ3v) is 6.24. The van der Waals surface area contributed by atoms with Gasteiger partial charge in [-0.15, -0.1) is 0 Å². The van der Waals surface area contributed by atoms with Gasteiger partial charge in [-0.3, -0.25) is 4.90 Å². The maximum absolute atomic E-state index is 11.9. The first-order valence-electron chi connectivity index (χ1n) is 7.77. The van der Waals surface area contributed by atoms with Crippen LogP contribution in [0.5, 0.6) is 0 Å². The van der Waals surface area contributed by atoms with Gasteiger partial charge in [-0.2, -0.15) is 4.31 Å². The summed E-state index contributed by atoms with van der Waals surface area (Å²) in [4.78, 5) is 2.34. The summed E-state index contributed by atoms with van der Waals surface area (Å²) in [6.07, 6.45) is 0. The zero-order chi connectivity index (χ0) is 15.6. The molecule has 3 rings (SSSR count). The Morgan fingerprint density at radius 3 is 2.36 bits per heavy atom. The summed E-state index contributed by atoms with van der Waals surface area (Å²) in [5, 5.41) is 2.54. The third kappa shape index (κ3) is 3.16. The van der Waals surface area contributed by atoms with Crippen molar-refractivity contribution in [2.24, 2.45) is 0 Å². The van der Waals surface area contributed by atoms with Crippen molar-refractivity contribution in [3.63, 3.8) is 0 Å². The lowest BCUT2D eigenvalue weighted by Crippen LogP contribution is -2.48. The molecule has 1 aliphatic heterocycles. The highest BCUT2D eigenvalue weighted by Gasteiger charge is 2.25. The first kappa shape index (κ1) is 15.5. The highest BCUT2D eigenvalue weighted by Crippen LogP contribution is 2.20. The van der Waals surface area contributed by atoms with E-state index in [1.807, 2.05) is 0 Å². The molecule has 2 aromatic rings. The lowest BCUT2D eigenvalue weighted by molar-refractivity contribution is 0.182. The first-order chi connectivity index (χ1) is 10.6. The van der Waals surface area contributed by atoms with Gasteiger partial charge in [0.25, 0.3) is 0 Å². The number of hydrogen-bond acceptors (Lipinski definition) is 3. The standard InChI is InChI=1S/C17H22N2O2S/c1-2-22(20,21)19-12-10-18(11-13-19)14-16-8-5-7-15-6-3-4-9-17(15)16/h3-9H,2,10-14H2,1H3. The highest BCUT2D eigenvalue weighted by molar-refractivity contribution is 7.89. The molecule has 1 heterocycles. The second-order valence-corrected chi connectivity index (χ2v) is 7.97. The van der Waals surface area contributed by atoms with Gasteiger partial charge in [0.05, 0.1) is 5.75 Å². The van der Waals surface area contributed by atoms with Crippen molar-refractivity contribution < 1.29 is 8.42 Å². The first-order valence-corrected chi connectivity index (χ1v) is 9.38. The van der Waals surface area contributed by atoms with E-state index in [1.165, 1.54) is 16.3 Å². The highest BCUT2D eigenvalue weighted by atomic mass is 32.2. The summed E-state index contributed by atoms with van der Waals surface area (Å²) in [6, 6.07) is 14.8. The number of nitrogens with zero attached hydrogens (tertiary/aromatic N) is 2. The van der Waals surface area contributed by atoms with Crippen LogP contribution >= 0.6 is 0 Å². The molecule has 0 spiro atoms. The molecule has 4 nitrogen and oxygen atoms in total. The molecule has 0 amide bonds. The Hall–Kier alpha value is -1.43. The number of piperazine rings is 1. The van der Waals surface area contributed by atoms with Crippen molar-refractivity contribution in [3.8, 4) is 0 Å². The molecule has 0 atom stereocenters. The molecule has 5 heteroatoms. The third-order valence-electron chi connectivity index (χ3n) is 4.36. The molecule has 0 bridgehead atoms. The van der Waals surface area contributed by atoms with E-state index in [0.717, 1.165) is 19.6 Å². The zero-order valence-corrected chi connectivity index (χ0v) is 13.7. The Bertz CT molecular complexity index is 745. The van der Waals surface area contributed by atoms with E-state index in [9.17, 15) is 8.42 Å². The average molecular weight is 318 g/mol. The predicted molar refractivity (Wildman–Crippen MR) is 90.3 cm³/mol. The summed E-state index contributed by atoms with van der Waals surface area (Å²) >= 11 is 0. The van der Waals surface area contributed by atoms with Crippen LogP contribution in [0.2, 0.25) is 0 Å². The fourth-order valence-corrected chi connectivity index (χ4v) is 4.10. The quantitative estimate of drug-likeness (QED) is 0.868. The molecule has 0 radical (unpaired) electrons. The molecule has 0 aromatic heterocycles. The maximum atomic E-state index is 11.9. The Morgan fingerprint density at radius 1 is 0.955 bits per heavy atom. The summed E-state index contributed by atoms with van der Waals surface area (Å²) in [7, 11) is -3.05. The number of rotatable bonds is 4. The van der Waals surface area contributed by atoms with Crippen molar-refractivity contribution in [1.29, 1.82) is 0 Å². The largest absolute Gasteiger partial charge is 0.296 e. The number of sulfonamides is 1. The van der Waals surface area contributed by atoms with Crippen LogP contribution in [0.4, 0.5) is 0 Å². The zero-order valence-electron chi connectivity index (χ0n) is 12.9. The summed E-state index contributed by atoms with van der Waals surface area (Å²) in [5.74, 6) is 0.191. The molecule has 0 saturated carbocycles. The van der Waals surface area contributed by atoms with Crippen LogP contribution in [0.25, 0.3) is 10.8 Å². The van der Waals surface area contributed by atoms with Gasteiger partial charge in [0.15, 0.2) is 0 Å². The van der Waals surface area contributed by atoms with Crippen molar-refractivity contribution in [3.05, 3.63) is 48.0 Å². The fourth-order valence-electron chi connectivity index (χ4n) is 3.02. The number of benzene rings is 2. The molecule has 0 N–H and O–H groups in total. The van der Waals surface area contributed by atoms with Gasteiger partial charge >= 0.3 is 0 Å². The SMILES string of the molecule is CCS(=O)(=O)N1CCN(Cc2cccc3ccccc23)CC1. The van der Waals surface area contributed by atoms with Gasteiger partial charge in [-0.1, -0.05) is 42.5 Å². The molecule has 1 fully saturated rings. The smallest absolute Gasteiger partial charge is 0.213 e. The van der Waals surface area contributed by atoms with E-state index in [-0.39, 0.29) is 5.75 Å². The average Bonchev–Trinajstić information content (AvgIpc) is 2.56. The molecule has 1 saturated heterocycles. The summed E-state index contributed by atoms with van der Waals surface area (Å²) in [6.45, 7) is 5.37. The van der Waals surface area contributed by atoms with E-state index in [0.29, 0.717) is 13.1 Å². The summed E-state index contributed by atoms with van der Waals surface area (Å²) < 4.78 is 25.4. The Kier molecular flexibility index (Phi) is 4.47. The molecule has 2 aromatic carbocycles. The molecule has 0 aliphatic carbocycles. The molecule has 22 heavy (non-hydrogen) atoms. The minimum absolute atomic E-state index is 0.191. The second kappa shape index (κ2) is 6.36. The van der Waals surface area contributed by atoms with Gasteiger partial charge in [-0.05, 0) is 23.3 Å². The maximum Gasteiger partial charge on any atom is 0.213 e. The Labute approximate surface area is 132 Å². The van der Waals surface area contributed by atoms with Crippen LogP contribution in [0, 0.1) is 0 Å². The summed E-state index contributed by atoms with van der Waals surface area (Å²) in [5.41, 5.74) is 1.31. The van der Waals surface area contributed by atoms with E-state index in [4.69, 9.17) is 0 Å². The molecule has 1 aliphatic rings. The number of fused-ring (bicyclic) bond motifs is 1. The van der Waals surface area contributed by atoms with E-state index in [1.54, 1.807) is 11.2 Å². The Balaban J connectivity index is 1.70. The topological polar surface area (TPSA) is 40.6 Å². The van der Waals surface area contributed by atoms with Crippen LogP contribution in [-0.2, 0) is 16.6 Å². The lowest BCUT2D eigenvalue weighted by atomic mass is 10.0. The monoisotopic (exact) mass is 318 g/mol. The van der Waals surface area contributed by atoms with Gasteiger partial charge in [0.1, 0.15) is 0 Å². The van der Waals surface area contributed by atoms with Gasteiger partial charge in [-0.25, -0.2) is 8.42 Å². The number of hydrogen-bond donors (Lipinski definition) is 0.